The summed E-state index contributed by atoms with van der Waals surface area (Å²) < 4.78 is 10.2. The third kappa shape index (κ3) is 4.65. The number of benzene rings is 2. The number of nitrogens with one attached hydrogen (secondary N) is 2. The zero-order valence-electron chi connectivity index (χ0n) is 14.7. The molecular formula is C19H17ClN4O3. The van der Waals surface area contributed by atoms with Crippen LogP contribution in [0.25, 0.3) is 0 Å². The minimum absolute atomic E-state index is 0.225. The molecule has 0 aliphatic rings. The van der Waals surface area contributed by atoms with Crippen molar-refractivity contribution in [2.75, 3.05) is 24.9 Å². The maximum Gasteiger partial charge on any atom is 0.274 e. The number of carbonyl (C=O) groups is 1. The van der Waals surface area contributed by atoms with Crippen LogP contribution in [-0.4, -0.2) is 30.1 Å². The van der Waals surface area contributed by atoms with E-state index in [1.54, 1.807) is 62.8 Å². The summed E-state index contributed by atoms with van der Waals surface area (Å²) in [4.78, 5) is 20.6. The molecule has 0 radical (unpaired) electrons. The van der Waals surface area contributed by atoms with Gasteiger partial charge in [-0.3, -0.25) is 4.79 Å². The quantitative estimate of drug-likeness (QED) is 0.664. The highest BCUT2D eigenvalue weighted by Gasteiger charge is 2.10. The van der Waals surface area contributed by atoms with Crippen LogP contribution in [0.15, 0.2) is 54.9 Å². The largest absolute Gasteiger partial charge is 0.497 e. The number of hydrogen-bond acceptors (Lipinski definition) is 6. The molecule has 0 unspecified atom stereocenters. The number of nitrogens with zero attached hydrogens (tertiary/aromatic N) is 2. The van der Waals surface area contributed by atoms with E-state index in [1.807, 2.05) is 0 Å². The molecule has 27 heavy (non-hydrogen) atoms. The van der Waals surface area contributed by atoms with Crippen LogP contribution in [0.1, 0.15) is 10.5 Å². The average Bonchev–Trinajstić information content (AvgIpc) is 2.69. The summed E-state index contributed by atoms with van der Waals surface area (Å²) in [5.41, 5.74) is 1.57. The Morgan fingerprint density at radius 1 is 0.963 bits per heavy atom. The molecule has 0 aliphatic carbocycles. The number of carbonyl (C=O) groups excluding carboxylic acids is 1. The van der Waals surface area contributed by atoms with Crippen molar-refractivity contribution in [2.45, 2.75) is 0 Å². The molecule has 0 saturated heterocycles. The van der Waals surface area contributed by atoms with E-state index in [-0.39, 0.29) is 11.6 Å². The summed E-state index contributed by atoms with van der Waals surface area (Å²) in [6.45, 7) is 0. The summed E-state index contributed by atoms with van der Waals surface area (Å²) >= 11 is 6.12. The van der Waals surface area contributed by atoms with Crippen LogP contribution in [0.3, 0.4) is 0 Å². The van der Waals surface area contributed by atoms with E-state index in [0.717, 1.165) is 0 Å². The van der Waals surface area contributed by atoms with Crippen molar-refractivity contribution in [3.8, 4) is 11.5 Å². The zero-order valence-corrected chi connectivity index (χ0v) is 15.4. The second-order valence-corrected chi connectivity index (χ2v) is 5.85. The molecule has 0 spiro atoms. The molecule has 0 atom stereocenters. The fourth-order valence-corrected chi connectivity index (χ4v) is 2.57. The Balaban J connectivity index is 1.72. The summed E-state index contributed by atoms with van der Waals surface area (Å²) in [6, 6.07) is 13.8. The third-order valence-electron chi connectivity index (χ3n) is 3.67. The lowest BCUT2D eigenvalue weighted by molar-refractivity contribution is 0.102. The van der Waals surface area contributed by atoms with Crippen LogP contribution in [-0.2, 0) is 0 Å². The number of aromatic nitrogens is 2. The predicted molar refractivity (Wildman–Crippen MR) is 104 cm³/mol. The lowest BCUT2D eigenvalue weighted by Gasteiger charge is -2.09. The van der Waals surface area contributed by atoms with E-state index in [0.29, 0.717) is 33.7 Å². The number of rotatable bonds is 6. The Kier molecular flexibility index (Phi) is 5.73. The van der Waals surface area contributed by atoms with Gasteiger partial charge in [0.05, 0.1) is 19.2 Å². The summed E-state index contributed by atoms with van der Waals surface area (Å²) in [6.07, 6.45) is 1.32. The van der Waals surface area contributed by atoms with E-state index < -0.39 is 0 Å². The predicted octanol–water partition coefficient (Wildman–Crippen LogP) is 4.14. The van der Waals surface area contributed by atoms with Gasteiger partial charge in [-0.2, -0.15) is 0 Å². The summed E-state index contributed by atoms with van der Waals surface area (Å²) in [5, 5.41) is 6.32. The number of ether oxygens (including phenoxy) is 2. The SMILES string of the molecule is COc1ccc(NC(=O)c2cc(Nc3ccc(OC)c(Cl)c3)ncn2)cc1. The monoisotopic (exact) mass is 384 g/mol. The number of amides is 1. The van der Waals surface area contributed by atoms with Gasteiger partial charge < -0.3 is 20.1 Å². The Bertz CT molecular complexity index is 948. The Labute approximate surface area is 161 Å². The zero-order chi connectivity index (χ0) is 19.2. The fourth-order valence-electron chi connectivity index (χ4n) is 2.31. The van der Waals surface area contributed by atoms with Crippen LogP contribution in [0.2, 0.25) is 5.02 Å². The highest BCUT2D eigenvalue weighted by Crippen LogP contribution is 2.28. The van der Waals surface area contributed by atoms with E-state index in [1.165, 1.54) is 6.33 Å². The highest BCUT2D eigenvalue weighted by atomic mass is 35.5. The molecule has 2 N–H and O–H groups in total. The lowest BCUT2D eigenvalue weighted by Crippen LogP contribution is -2.14. The second-order valence-electron chi connectivity index (χ2n) is 5.45. The Morgan fingerprint density at radius 3 is 2.37 bits per heavy atom. The Hall–Kier alpha value is -3.32. The molecule has 2 aromatic carbocycles. The molecule has 1 aromatic heterocycles. The maximum absolute atomic E-state index is 12.4. The smallest absolute Gasteiger partial charge is 0.274 e. The first-order chi connectivity index (χ1) is 13.1. The van der Waals surface area contributed by atoms with Gasteiger partial charge in [-0.15, -0.1) is 0 Å². The molecule has 0 saturated carbocycles. The maximum atomic E-state index is 12.4. The molecule has 0 fully saturated rings. The highest BCUT2D eigenvalue weighted by molar-refractivity contribution is 6.32. The van der Waals surface area contributed by atoms with Crippen molar-refractivity contribution >= 4 is 34.7 Å². The minimum Gasteiger partial charge on any atom is -0.497 e. The van der Waals surface area contributed by atoms with Gasteiger partial charge in [-0.25, -0.2) is 9.97 Å². The van der Waals surface area contributed by atoms with E-state index in [4.69, 9.17) is 21.1 Å². The summed E-state index contributed by atoms with van der Waals surface area (Å²) in [7, 11) is 3.13. The topological polar surface area (TPSA) is 85.4 Å². The van der Waals surface area contributed by atoms with Gasteiger partial charge in [0.25, 0.3) is 5.91 Å². The Morgan fingerprint density at radius 2 is 1.70 bits per heavy atom. The molecule has 138 valence electrons. The van der Waals surface area contributed by atoms with Crippen molar-refractivity contribution in [3.05, 3.63) is 65.6 Å². The van der Waals surface area contributed by atoms with Gasteiger partial charge in [-0.1, -0.05) is 11.6 Å². The van der Waals surface area contributed by atoms with Gasteiger partial charge in [0.15, 0.2) is 0 Å². The molecule has 3 aromatic rings. The van der Waals surface area contributed by atoms with Gasteiger partial charge in [-0.05, 0) is 42.5 Å². The molecule has 1 heterocycles. The van der Waals surface area contributed by atoms with E-state index >= 15 is 0 Å². The second kappa shape index (κ2) is 8.37. The van der Waals surface area contributed by atoms with Crippen molar-refractivity contribution in [2.24, 2.45) is 0 Å². The van der Waals surface area contributed by atoms with Gasteiger partial charge in [0.1, 0.15) is 29.3 Å². The van der Waals surface area contributed by atoms with Crippen LogP contribution < -0.4 is 20.1 Å². The lowest BCUT2D eigenvalue weighted by atomic mass is 10.2. The fraction of sp³-hybridized carbons (Fsp3) is 0.105. The van der Waals surface area contributed by atoms with Crippen molar-refractivity contribution in [1.82, 2.24) is 9.97 Å². The van der Waals surface area contributed by atoms with E-state index in [2.05, 4.69) is 20.6 Å². The van der Waals surface area contributed by atoms with Gasteiger partial charge >= 0.3 is 0 Å². The van der Waals surface area contributed by atoms with Crippen LogP contribution in [0.5, 0.6) is 11.5 Å². The molecule has 0 aliphatic heterocycles. The van der Waals surface area contributed by atoms with Crippen molar-refractivity contribution < 1.29 is 14.3 Å². The van der Waals surface area contributed by atoms with Crippen LogP contribution in [0, 0.1) is 0 Å². The number of anilines is 3. The molecule has 3 rings (SSSR count). The minimum atomic E-state index is -0.349. The normalized spacial score (nSPS) is 10.2. The number of halogens is 1. The molecule has 0 bridgehead atoms. The molecule has 1 amide bonds. The molecular weight excluding hydrogens is 368 g/mol. The van der Waals surface area contributed by atoms with Gasteiger partial charge in [0, 0.05) is 17.4 Å². The number of methoxy groups -OCH3 is 2. The van der Waals surface area contributed by atoms with Crippen molar-refractivity contribution in [1.29, 1.82) is 0 Å². The number of hydrogen-bond donors (Lipinski definition) is 2. The standard InChI is InChI=1S/C19H17ClN4O3/c1-26-14-6-3-12(4-7-14)24-19(25)16-10-18(22-11-21-16)23-13-5-8-17(27-2)15(20)9-13/h3-11H,1-2H3,(H,24,25)(H,21,22,23). The van der Waals surface area contributed by atoms with Crippen molar-refractivity contribution in [3.63, 3.8) is 0 Å². The van der Waals surface area contributed by atoms with E-state index in [9.17, 15) is 4.79 Å². The van der Waals surface area contributed by atoms with Crippen LogP contribution in [0.4, 0.5) is 17.2 Å². The first kappa shape index (κ1) is 18.5. The first-order valence-electron chi connectivity index (χ1n) is 7.97. The summed E-state index contributed by atoms with van der Waals surface area (Å²) in [5.74, 6) is 1.40. The first-order valence-corrected chi connectivity index (χ1v) is 8.35. The molecule has 7 nitrogen and oxygen atoms in total. The van der Waals surface area contributed by atoms with Crippen LogP contribution >= 0.6 is 11.6 Å². The average molecular weight is 385 g/mol. The molecule has 8 heteroatoms. The third-order valence-corrected chi connectivity index (χ3v) is 3.97. The van der Waals surface area contributed by atoms with Gasteiger partial charge in [0.2, 0.25) is 0 Å².